The highest BCUT2D eigenvalue weighted by atomic mass is 32.2. The standard InChI is InChI=1S/C16H23NO3S/c1-4-19-16(20-5-2)12-17-15(21-3)11-14(18)13-9-7-6-8-10-13/h6-11,16-17H,4-5,12H2,1-3H3. The molecule has 0 atom stereocenters. The zero-order valence-corrected chi connectivity index (χ0v) is 13.6. The largest absolute Gasteiger partial charge is 0.375 e. The smallest absolute Gasteiger partial charge is 0.188 e. The summed E-state index contributed by atoms with van der Waals surface area (Å²) in [5.74, 6) is -0.0168. The maximum absolute atomic E-state index is 12.1. The number of ether oxygens (including phenoxy) is 2. The van der Waals surface area contributed by atoms with Crippen LogP contribution in [0.1, 0.15) is 24.2 Å². The average Bonchev–Trinajstić information content (AvgIpc) is 2.52. The van der Waals surface area contributed by atoms with Gasteiger partial charge in [0.15, 0.2) is 12.1 Å². The number of thioether (sulfide) groups is 1. The zero-order chi connectivity index (χ0) is 15.5. The Morgan fingerprint density at radius 1 is 1.24 bits per heavy atom. The molecule has 0 aliphatic heterocycles. The van der Waals surface area contributed by atoms with Crippen LogP contribution in [0.25, 0.3) is 0 Å². The number of rotatable bonds is 10. The maximum Gasteiger partial charge on any atom is 0.188 e. The first kappa shape index (κ1) is 17.8. The van der Waals surface area contributed by atoms with E-state index in [0.717, 1.165) is 5.03 Å². The van der Waals surface area contributed by atoms with Gasteiger partial charge in [-0.15, -0.1) is 11.8 Å². The molecule has 1 aromatic rings. The van der Waals surface area contributed by atoms with E-state index in [1.807, 2.05) is 38.3 Å². The Hall–Kier alpha value is -1.30. The number of carbonyl (C=O) groups is 1. The van der Waals surface area contributed by atoms with Gasteiger partial charge in [0, 0.05) is 24.9 Å². The van der Waals surface area contributed by atoms with Crippen molar-refractivity contribution in [3.63, 3.8) is 0 Å². The van der Waals surface area contributed by atoms with Crippen molar-refractivity contribution >= 4 is 17.5 Å². The Morgan fingerprint density at radius 3 is 2.38 bits per heavy atom. The van der Waals surface area contributed by atoms with Gasteiger partial charge < -0.3 is 14.8 Å². The fourth-order valence-electron chi connectivity index (χ4n) is 1.71. The molecule has 0 aliphatic rings. The maximum atomic E-state index is 12.1. The Bertz CT molecular complexity index is 442. The van der Waals surface area contributed by atoms with Crippen molar-refractivity contribution in [3.8, 4) is 0 Å². The summed E-state index contributed by atoms with van der Waals surface area (Å²) in [6.45, 7) is 5.55. The van der Waals surface area contributed by atoms with Crippen LogP contribution < -0.4 is 5.32 Å². The number of nitrogens with one attached hydrogen (secondary N) is 1. The first-order valence-electron chi connectivity index (χ1n) is 7.03. The highest BCUT2D eigenvalue weighted by molar-refractivity contribution is 8.02. The third-order valence-corrected chi connectivity index (χ3v) is 3.39. The number of ketones is 1. The Labute approximate surface area is 130 Å². The third-order valence-electron chi connectivity index (χ3n) is 2.69. The number of allylic oxidation sites excluding steroid dienone is 1. The number of carbonyl (C=O) groups excluding carboxylic acids is 1. The predicted octanol–water partition coefficient (Wildman–Crippen LogP) is 3.06. The highest BCUT2D eigenvalue weighted by Crippen LogP contribution is 2.11. The van der Waals surface area contributed by atoms with Gasteiger partial charge in [-0.25, -0.2) is 0 Å². The van der Waals surface area contributed by atoms with Gasteiger partial charge in [-0.05, 0) is 20.1 Å². The van der Waals surface area contributed by atoms with E-state index < -0.39 is 0 Å². The van der Waals surface area contributed by atoms with Gasteiger partial charge >= 0.3 is 0 Å². The molecule has 0 aliphatic carbocycles. The Morgan fingerprint density at radius 2 is 1.86 bits per heavy atom. The van der Waals surface area contributed by atoms with Gasteiger partial charge in [0.05, 0.1) is 11.6 Å². The monoisotopic (exact) mass is 309 g/mol. The minimum Gasteiger partial charge on any atom is -0.375 e. The minimum atomic E-state index is -0.303. The van der Waals surface area contributed by atoms with Crippen molar-refractivity contribution in [1.29, 1.82) is 0 Å². The van der Waals surface area contributed by atoms with Crippen LogP contribution in [0.15, 0.2) is 41.4 Å². The molecule has 0 unspecified atom stereocenters. The van der Waals surface area contributed by atoms with Gasteiger partial charge in [-0.2, -0.15) is 0 Å². The van der Waals surface area contributed by atoms with Gasteiger partial charge in [0.2, 0.25) is 0 Å². The van der Waals surface area contributed by atoms with Crippen molar-refractivity contribution in [2.45, 2.75) is 20.1 Å². The molecule has 0 aromatic heterocycles. The number of hydrogen-bond donors (Lipinski definition) is 1. The number of hydrogen-bond acceptors (Lipinski definition) is 5. The normalized spacial score (nSPS) is 11.7. The second kappa shape index (κ2) is 10.4. The molecular formula is C16H23NO3S. The van der Waals surface area contributed by atoms with Crippen molar-refractivity contribution in [2.75, 3.05) is 26.0 Å². The molecule has 0 fully saturated rings. The van der Waals surface area contributed by atoms with Gasteiger partial charge in [-0.3, -0.25) is 4.79 Å². The summed E-state index contributed by atoms with van der Waals surface area (Å²) < 4.78 is 10.9. The molecule has 0 saturated carbocycles. The SMILES string of the molecule is CCOC(CNC(=CC(=O)c1ccccc1)SC)OCC. The van der Waals surface area contributed by atoms with Crippen LogP contribution in [-0.4, -0.2) is 38.1 Å². The summed E-state index contributed by atoms with van der Waals surface area (Å²) in [4.78, 5) is 12.1. The Balaban J connectivity index is 2.61. The molecule has 1 aromatic carbocycles. The zero-order valence-electron chi connectivity index (χ0n) is 12.8. The molecule has 21 heavy (non-hydrogen) atoms. The van der Waals surface area contributed by atoms with E-state index >= 15 is 0 Å². The first-order valence-corrected chi connectivity index (χ1v) is 8.25. The van der Waals surface area contributed by atoms with E-state index in [0.29, 0.717) is 25.3 Å². The molecule has 4 nitrogen and oxygen atoms in total. The molecule has 5 heteroatoms. The van der Waals surface area contributed by atoms with E-state index in [4.69, 9.17) is 9.47 Å². The minimum absolute atomic E-state index is 0.0168. The molecule has 0 heterocycles. The van der Waals surface area contributed by atoms with E-state index in [9.17, 15) is 4.79 Å². The molecule has 0 spiro atoms. The third kappa shape index (κ3) is 6.80. The van der Waals surface area contributed by atoms with Gasteiger partial charge in [-0.1, -0.05) is 30.3 Å². The molecule has 1 rings (SSSR count). The molecule has 0 bridgehead atoms. The van der Waals surface area contributed by atoms with Gasteiger partial charge in [0.25, 0.3) is 0 Å². The summed E-state index contributed by atoms with van der Waals surface area (Å²) in [6.07, 6.45) is 3.23. The molecule has 0 amide bonds. The quantitative estimate of drug-likeness (QED) is 0.409. The van der Waals surface area contributed by atoms with E-state index in [1.165, 1.54) is 11.8 Å². The van der Waals surface area contributed by atoms with E-state index in [2.05, 4.69) is 5.32 Å². The molecule has 1 N–H and O–H groups in total. The van der Waals surface area contributed by atoms with Crippen LogP contribution in [0.2, 0.25) is 0 Å². The lowest BCUT2D eigenvalue weighted by atomic mass is 10.1. The van der Waals surface area contributed by atoms with Crippen LogP contribution in [0, 0.1) is 0 Å². The second-order valence-electron chi connectivity index (χ2n) is 4.16. The topological polar surface area (TPSA) is 47.6 Å². The lowest BCUT2D eigenvalue weighted by molar-refractivity contribution is -0.131. The van der Waals surface area contributed by atoms with Crippen LogP contribution in [0.5, 0.6) is 0 Å². The highest BCUT2D eigenvalue weighted by Gasteiger charge is 2.09. The molecule has 0 radical (unpaired) electrons. The summed E-state index contributed by atoms with van der Waals surface area (Å²) in [5.41, 5.74) is 0.678. The summed E-state index contributed by atoms with van der Waals surface area (Å²) in [7, 11) is 0. The second-order valence-corrected chi connectivity index (χ2v) is 5.01. The summed E-state index contributed by atoms with van der Waals surface area (Å²) in [5, 5.41) is 3.99. The van der Waals surface area contributed by atoms with E-state index in [1.54, 1.807) is 18.2 Å². The first-order chi connectivity index (χ1) is 10.2. The van der Waals surface area contributed by atoms with Crippen LogP contribution in [-0.2, 0) is 9.47 Å². The van der Waals surface area contributed by atoms with E-state index in [-0.39, 0.29) is 12.1 Å². The van der Waals surface area contributed by atoms with Crippen LogP contribution in [0.4, 0.5) is 0 Å². The fraction of sp³-hybridized carbons (Fsp3) is 0.438. The van der Waals surface area contributed by atoms with Crippen LogP contribution in [0.3, 0.4) is 0 Å². The Kier molecular flexibility index (Phi) is 8.82. The van der Waals surface area contributed by atoms with Crippen molar-refractivity contribution in [2.24, 2.45) is 0 Å². The van der Waals surface area contributed by atoms with Gasteiger partial charge in [0.1, 0.15) is 0 Å². The predicted molar refractivity (Wildman–Crippen MR) is 87.4 cm³/mol. The lowest BCUT2D eigenvalue weighted by Gasteiger charge is -2.18. The molecule has 116 valence electrons. The summed E-state index contributed by atoms with van der Waals surface area (Å²) in [6, 6.07) is 9.21. The lowest BCUT2D eigenvalue weighted by Crippen LogP contribution is -2.30. The molecule has 0 saturated heterocycles. The van der Waals surface area contributed by atoms with Crippen molar-refractivity contribution in [1.82, 2.24) is 5.32 Å². The average molecular weight is 309 g/mol. The van der Waals surface area contributed by atoms with Crippen molar-refractivity contribution < 1.29 is 14.3 Å². The van der Waals surface area contributed by atoms with Crippen LogP contribution >= 0.6 is 11.8 Å². The number of benzene rings is 1. The fourth-order valence-corrected chi connectivity index (χ4v) is 2.16. The van der Waals surface area contributed by atoms with Crippen molar-refractivity contribution in [3.05, 3.63) is 47.0 Å². The summed E-state index contributed by atoms with van der Waals surface area (Å²) >= 11 is 1.49. The molecular weight excluding hydrogens is 286 g/mol.